The number of thiazole rings is 1. The Morgan fingerprint density at radius 2 is 1.77 bits per heavy atom. The lowest BCUT2D eigenvalue weighted by Crippen LogP contribution is -2.31. The lowest BCUT2D eigenvalue weighted by molar-refractivity contribution is -0.119. The van der Waals surface area contributed by atoms with Crippen molar-refractivity contribution in [1.82, 2.24) is 4.57 Å². The smallest absolute Gasteiger partial charge is 0.279 e. The van der Waals surface area contributed by atoms with Crippen molar-refractivity contribution < 1.29 is 9.59 Å². The van der Waals surface area contributed by atoms with Crippen LogP contribution in [0.3, 0.4) is 0 Å². The van der Waals surface area contributed by atoms with Gasteiger partial charge in [0, 0.05) is 16.3 Å². The Kier molecular flexibility index (Phi) is 6.30. The molecule has 0 saturated carbocycles. The molecule has 1 unspecified atom stereocenters. The molecule has 0 spiro atoms. The van der Waals surface area contributed by atoms with Crippen LogP contribution in [-0.2, 0) is 4.79 Å². The molecule has 4 rings (SSSR count). The molecule has 2 amide bonds. The average molecular weight is 450 g/mol. The van der Waals surface area contributed by atoms with Crippen molar-refractivity contribution in [3.8, 4) is 0 Å². The molecular weight excluding hydrogens is 430 g/mol. The zero-order valence-electron chi connectivity index (χ0n) is 16.8. The molecule has 0 radical (unpaired) electrons. The minimum atomic E-state index is -0.526. The highest BCUT2D eigenvalue weighted by molar-refractivity contribution is 7.16. The van der Waals surface area contributed by atoms with Gasteiger partial charge in [0.05, 0.1) is 10.2 Å². The molecule has 1 atom stereocenters. The minimum absolute atomic E-state index is 0.158. The van der Waals surface area contributed by atoms with Crippen molar-refractivity contribution in [2.45, 2.75) is 19.4 Å². The first-order valence-electron chi connectivity index (χ1n) is 9.87. The molecule has 3 aromatic carbocycles. The van der Waals surface area contributed by atoms with E-state index in [2.05, 4.69) is 10.3 Å². The van der Waals surface area contributed by atoms with Crippen molar-refractivity contribution in [2.75, 3.05) is 5.32 Å². The van der Waals surface area contributed by atoms with E-state index in [-0.39, 0.29) is 5.91 Å². The van der Waals surface area contributed by atoms with Crippen molar-refractivity contribution in [2.24, 2.45) is 4.99 Å². The second-order valence-corrected chi connectivity index (χ2v) is 8.37. The van der Waals surface area contributed by atoms with E-state index < -0.39 is 11.9 Å². The molecule has 0 aliphatic heterocycles. The van der Waals surface area contributed by atoms with Crippen LogP contribution in [0, 0.1) is 0 Å². The molecule has 0 fully saturated rings. The van der Waals surface area contributed by atoms with Crippen LogP contribution in [0.1, 0.15) is 29.7 Å². The predicted octanol–water partition coefficient (Wildman–Crippen LogP) is 5.69. The predicted molar refractivity (Wildman–Crippen MR) is 126 cm³/mol. The number of fused-ring (bicyclic) bond motifs is 1. The summed E-state index contributed by atoms with van der Waals surface area (Å²) in [6, 6.07) is 23.2. The first-order chi connectivity index (χ1) is 15.1. The maximum atomic E-state index is 13.2. The summed E-state index contributed by atoms with van der Waals surface area (Å²) in [6.07, 6.45) is 0.540. The number of para-hydroxylation sites is 2. The van der Waals surface area contributed by atoms with Crippen molar-refractivity contribution in [3.05, 3.63) is 94.3 Å². The molecule has 4 aromatic rings. The zero-order valence-corrected chi connectivity index (χ0v) is 18.4. The third-order valence-electron chi connectivity index (χ3n) is 4.84. The fourth-order valence-corrected chi connectivity index (χ4v) is 4.63. The van der Waals surface area contributed by atoms with Crippen LogP contribution in [0.5, 0.6) is 0 Å². The first-order valence-corrected chi connectivity index (χ1v) is 11.1. The highest BCUT2D eigenvalue weighted by atomic mass is 35.5. The van der Waals surface area contributed by atoms with Gasteiger partial charge in [-0.25, -0.2) is 0 Å². The molecule has 5 nitrogen and oxygen atoms in total. The standard InChI is InChI=1S/C24H20ClN3O2S/c1-2-19(23(30)26-18-11-4-3-5-12-18)28-20-13-6-7-14-21(20)31-24(28)27-22(29)16-9-8-10-17(25)15-16/h3-15,19H,2H2,1H3,(H,26,30). The summed E-state index contributed by atoms with van der Waals surface area (Å²) in [6.45, 7) is 1.94. The van der Waals surface area contributed by atoms with Crippen LogP contribution < -0.4 is 10.1 Å². The second-order valence-electron chi connectivity index (χ2n) is 6.93. The Hall–Kier alpha value is -3.22. The van der Waals surface area contributed by atoms with E-state index in [0.717, 1.165) is 15.9 Å². The quantitative estimate of drug-likeness (QED) is 0.425. The molecule has 1 heterocycles. The van der Waals surface area contributed by atoms with E-state index in [1.807, 2.05) is 66.1 Å². The summed E-state index contributed by atoms with van der Waals surface area (Å²) in [5, 5.41) is 3.44. The third kappa shape index (κ3) is 4.60. The zero-order chi connectivity index (χ0) is 21.8. The van der Waals surface area contributed by atoms with Gasteiger partial charge in [-0.15, -0.1) is 0 Å². The monoisotopic (exact) mass is 449 g/mol. The van der Waals surface area contributed by atoms with Gasteiger partial charge in [0.25, 0.3) is 5.91 Å². The van der Waals surface area contributed by atoms with Crippen LogP contribution in [0.15, 0.2) is 83.9 Å². The number of amides is 2. The van der Waals surface area contributed by atoms with Gasteiger partial charge >= 0.3 is 0 Å². The molecule has 0 saturated heterocycles. The Morgan fingerprint density at radius 3 is 2.52 bits per heavy atom. The number of nitrogens with one attached hydrogen (secondary N) is 1. The minimum Gasteiger partial charge on any atom is -0.324 e. The summed E-state index contributed by atoms with van der Waals surface area (Å²) < 4.78 is 2.80. The normalized spacial score (nSPS) is 12.6. The van der Waals surface area contributed by atoms with E-state index in [4.69, 9.17) is 11.6 Å². The highest BCUT2D eigenvalue weighted by Crippen LogP contribution is 2.24. The highest BCUT2D eigenvalue weighted by Gasteiger charge is 2.23. The molecule has 0 aliphatic carbocycles. The number of rotatable bonds is 5. The van der Waals surface area contributed by atoms with Crippen LogP contribution in [0.4, 0.5) is 5.69 Å². The largest absolute Gasteiger partial charge is 0.324 e. The molecule has 1 aromatic heterocycles. The number of hydrogen-bond donors (Lipinski definition) is 1. The maximum Gasteiger partial charge on any atom is 0.279 e. The molecule has 1 N–H and O–H groups in total. The number of aromatic nitrogens is 1. The SMILES string of the molecule is CCC(C(=O)Nc1ccccc1)n1c(=NC(=O)c2cccc(Cl)c2)sc2ccccc21. The Labute approximate surface area is 188 Å². The van der Waals surface area contributed by atoms with Crippen LogP contribution in [-0.4, -0.2) is 16.4 Å². The Bertz CT molecular complexity index is 1310. The van der Waals surface area contributed by atoms with Gasteiger partial charge in [0.2, 0.25) is 5.91 Å². The fourth-order valence-electron chi connectivity index (χ4n) is 3.38. The topological polar surface area (TPSA) is 63.5 Å². The van der Waals surface area contributed by atoms with Gasteiger partial charge < -0.3 is 9.88 Å². The fraction of sp³-hybridized carbons (Fsp3) is 0.125. The van der Waals surface area contributed by atoms with Crippen molar-refractivity contribution in [1.29, 1.82) is 0 Å². The van der Waals surface area contributed by atoms with Crippen LogP contribution in [0.25, 0.3) is 10.2 Å². The van der Waals surface area contributed by atoms with E-state index in [1.165, 1.54) is 11.3 Å². The Morgan fingerprint density at radius 1 is 1.03 bits per heavy atom. The molecule has 0 bridgehead atoms. The second kappa shape index (κ2) is 9.29. The van der Waals surface area contributed by atoms with E-state index in [1.54, 1.807) is 24.3 Å². The van der Waals surface area contributed by atoms with E-state index >= 15 is 0 Å². The average Bonchev–Trinajstić information content (AvgIpc) is 3.13. The number of hydrogen-bond acceptors (Lipinski definition) is 3. The number of carbonyl (C=O) groups excluding carboxylic acids is 2. The van der Waals surface area contributed by atoms with Crippen molar-refractivity contribution in [3.63, 3.8) is 0 Å². The van der Waals surface area contributed by atoms with Crippen molar-refractivity contribution >= 4 is 50.7 Å². The van der Waals surface area contributed by atoms with E-state index in [0.29, 0.717) is 21.8 Å². The van der Waals surface area contributed by atoms with Gasteiger partial charge in [-0.1, -0.05) is 66.3 Å². The molecule has 0 aliphatic rings. The summed E-state index contributed by atoms with van der Waals surface area (Å²) in [5.74, 6) is -0.560. The Balaban J connectivity index is 1.80. The van der Waals surface area contributed by atoms with Crippen LogP contribution >= 0.6 is 22.9 Å². The lowest BCUT2D eigenvalue weighted by atomic mass is 10.2. The third-order valence-corrected chi connectivity index (χ3v) is 6.11. The van der Waals surface area contributed by atoms with Gasteiger partial charge in [-0.05, 0) is 48.9 Å². The molecular formula is C24H20ClN3O2S. The number of benzene rings is 3. The first kappa shape index (κ1) is 21.0. The van der Waals surface area contributed by atoms with Crippen LogP contribution in [0.2, 0.25) is 5.02 Å². The molecule has 156 valence electrons. The van der Waals surface area contributed by atoms with Gasteiger partial charge in [0.15, 0.2) is 4.80 Å². The summed E-state index contributed by atoms with van der Waals surface area (Å²) in [5.41, 5.74) is 1.98. The summed E-state index contributed by atoms with van der Waals surface area (Å²) in [4.78, 5) is 30.8. The van der Waals surface area contributed by atoms with E-state index in [9.17, 15) is 9.59 Å². The number of nitrogens with zero attached hydrogens (tertiary/aromatic N) is 2. The van der Waals surface area contributed by atoms with Gasteiger partial charge in [0.1, 0.15) is 6.04 Å². The maximum absolute atomic E-state index is 13.2. The lowest BCUT2D eigenvalue weighted by Gasteiger charge is -2.18. The molecule has 7 heteroatoms. The van der Waals surface area contributed by atoms with Gasteiger partial charge in [-0.3, -0.25) is 9.59 Å². The summed E-state index contributed by atoms with van der Waals surface area (Å²) in [7, 11) is 0. The molecule has 31 heavy (non-hydrogen) atoms. The summed E-state index contributed by atoms with van der Waals surface area (Å²) >= 11 is 7.41. The number of carbonyl (C=O) groups is 2. The van der Waals surface area contributed by atoms with Gasteiger partial charge in [-0.2, -0.15) is 4.99 Å². The number of halogens is 1. The number of anilines is 1.